The number of amidine groups is 1. The van der Waals surface area contributed by atoms with E-state index in [9.17, 15) is 4.39 Å². The fourth-order valence-electron chi connectivity index (χ4n) is 1.99. The summed E-state index contributed by atoms with van der Waals surface area (Å²) in [6, 6.07) is 4.91. The minimum atomic E-state index is -0.431. The fraction of sp³-hybridized carbons (Fsp3) is 0.462. The van der Waals surface area contributed by atoms with E-state index in [1.54, 1.807) is 12.1 Å². The lowest BCUT2D eigenvalue weighted by molar-refractivity contribution is 0.318. The predicted molar refractivity (Wildman–Crippen MR) is 76.1 cm³/mol. The van der Waals surface area contributed by atoms with E-state index in [0.29, 0.717) is 16.9 Å². The highest BCUT2D eigenvalue weighted by molar-refractivity contribution is 8.00. The van der Waals surface area contributed by atoms with Gasteiger partial charge in [0.25, 0.3) is 0 Å². The van der Waals surface area contributed by atoms with E-state index in [1.165, 1.54) is 18.9 Å². The monoisotopic (exact) mass is 283 g/mol. The maximum atomic E-state index is 14.1. The van der Waals surface area contributed by atoms with Gasteiger partial charge < -0.3 is 16.3 Å². The molecule has 1 aromatic rings. The molecule has 4 nitrogen and oxygen atoms in total. The van der Waals surface area contributed by atoms with Gasteiger partial charge in [0, 0.05) is 23.4 Å². The Bertz CT molecular complexity index is 489. The molecule has 0 atom stereocenters. The smallest absolute Gasteiger partial charge is 0.173 e. The molecule has 0 bridgehead atoms. The maximum Gasteiger partial charge on any atom is 0.173 e. The van der Waals surface area contributed by atoms with Crippen LogP contribution < -0.4 is 11.1 Å². The summed E-state index contributed by atoms with van der Waals surface area (Å²) in [4.78, 5) is 0. The van der Waals surface area contributed by atoms with Crippen LogP contribution in [0.15, 0.2) is 23.4 Å². The van der Waals surface area contributed by atoms with Crippen molar-refractivity contribution in [2.45, 2.75) is 24.1 Å². The van der Waals surface area contributed by atoms with Crippen molar-refractivity contribution in [3.63, 3.8) is 0 Å². The lowest BCUT2D eigenvalue weighted by Crippen LogP contribution is -2.26. The minimum absolute atomic E-state index is 0.132. The van der Waals surface area contributed by atoms with Gasteiger partial charge in [0.15, 0.2) is 5.84 Å². The summed E-state index contributed by atoms with van der Waals surface area (Å²) in [7, 11) is 0. The number of oxime groups is 1. The van der Waals surface area contributed by atoms with Gasteiger partial charge in [0.2, 0.25) is 0 Å². The molecule has 0 spiro atoms. The molecule has 4 N–H and O–H groups in total. The zero-order chi connectivity index (χ0) is 13.9. The summed E-state index contributed by atoms with van der Waals surface area (Å²) >= 11 is 1.86. The van der Waals surface area contributed by atoms with Crippen molar-refractivity contribution in [2.24, 2.45) is 10.9 Å². The van der Waals surface area contributed by atoms with Crippen molar-refractivity contribution in [3.05, 3.63) is 35.1 Å². The number of nitrogens with zero attached hydrogens (tertiary/aromatic N) is 1. The maximum absolute atomic E-state index is 14.1. The molecule has 0 amide bonds. The van der Waals surface area contributed by atoms with Crippen LogP contribution in [0.25, 0.3) is 0 Å². The van der Waals surface area contributed by atoms with Gasteiger partial charge in [-0.25, -0.2) is 4.39 Å². The molecule has 0 unspecified atom stereocenters. The Kier molecular flexibility index (Phi) is 4.31. The number of nitrogens with one attached hydrogen (secondary N) is 1. The summed E-state index contributed by atoms with van der Waals surface area (Å²) in [5.41, 5.74) is 6.09. The first-order valence-corrected chi connectivity index (χ1v) is 7.35. The molecule has 2 rings (SSSR count). The number of hydrogen-bond donors (Lipinski definition) is 3. The Balaban J connectivity index is 2.01. The Morgan fingerprint density at radius 3 is 2.89 bits per heavy atom. The second kappa shape index (κ2) is 5.79. The highest BCUT2D eigenvalue weighted by Crippen LogP contribution is 2.46. The number of thioether (sulfide) groups is 1. The Labute approximate surface area is 116 Å². The van der Waals surface area contributed by atoms with Crippen molar-refractivity contribution in [1.29, 1.82) is 0 Å². The van der Waals surface area contributed by atoms with Crippen LogP contribution in [0.4, 0.5) is 4.39 Å². The van der Waals surface area contributed by atoms with Gasteiger partial charge in [0.05, 0.1) is 5.56 Å². The van der Waals surface area contributed by atoms with Crippen LogP contribution in [0.1, 0.15) is 24.0 Å². The molecule has 1 saturated carbocycles. The van der Waals surface area contributed by atoms with Gasteiger partial charge in [-0.15, -0.1) is 0 Å². The molecule has 0 heterocycles. The van der Waals surface area contributed by atoms with Gasteiger partial charge in [-0.1, -0.05) is 17.3 Å². The van der Waals surface area contributed by atoms with E-state index in [0.717, 1.165) is 6.54 Å². The molecule has 19 heavy (non-hydrogen) atoms. The molecule has 0 saturated heterocycles. The Morgan fingerprint density at radius 2 is 2.32 bits per heavy atom. The van der Waals surface area contributed by atoms with E-state index < -0.39 is 5.82 Å². The topological polar surface area (TPSA) is 70.6 Å². The first kappa shape index (κ1) is 14.1. The zero-order valence-electron chi connectivity index (χ0n) is 10.8. The molecule has 0 radical (unpaired) electrons. The molecule has 1 aliphatic carbocycles. The standard InChI is InChI=1S/C13H18FN3OS/c1-19-13(5-6-13)8-16-7-9-3-2-4-10(11(9)14)12(15)17-18/h2-4,16,18H,5-8H2,1H3,(H2,15,17). The van der Waals surface area contributed by atoms with Crippen molar-refractivity contribution < 1.29 is 9.60 Å². The van der Waals surface area contributed by atoms with Crippen molar-refractivity contribution >= 4 is 17.6 Å². The number of nitrogens with two attached hydrogens (primary N) is 1. The van der Waals surface area contributed by atoms with E-state index in [-0.39, 0.29) is 11.4 Å². The number of hydrogen-bond acceptors (Lipinski definition) is 4. The second-order valence-electron chi connectivity index (χ2n) is 4.75. The average Bonchev–Trinajstić information content (AvgIpc) is 3.20. The Hall–Kier alpha value is -1.27. The molecule has 104 valence electrons. The zero-order valence-corrected chi connectivity index (χ0v) is 11.6. The summed E-state index contributed by atoms with van der Waals surface area (Å²) in [6.07, 6.45) is 4.54. The molecule has 6 heteroatoms. The summed E-state index contributed by atoms with van der Waals surface area (Å²) in [6.45, 7) is 1.32. The van der Waals surface area contributed by atoms with Crippen LogP contribution in [-0.2, 0) is 6.54 Å². The minimum Gasteiger partial charge on any atom is -0.409 e. The third kappa shape index (κ3) is 3.19. The van der Waals surface area contributed by atoms with Crippen molar-refractivity contribution in [2.75, 3.05) is 12.8 Å². The first-order chi connectivity index (χ1) is 9.12. The third-order valence-corrected chi connectivity index (χ3v) is 4.88. The SMILES string of the molecule is CSC1(CNCc2cccc(/C(N)=N/O)c2F)CC1. The van der Waals surface area contributed by atoms with Crippen LogP contribution in [0, 0.1) is 5.82 Å². The normalized spacial score (nSPS) is 17.5. The molecular formula is C13H18FN3OS. The van der Waals surface area contributed by atoms with Crippen molar-refractivity contribution in [1.82, 2.24) is 5.32 Å². The van der Waals surface area contributed by atoms with Crippen LogP contribution in [0.2, 0.25) is 0 Å². The molecule has 1 aliphatic rings. The lowest BCUT2D eigenvalue weighted by atomic mass is 10.1. The van der Waals surface area contributed by atoms with Gasteiger partial charge in [-0.3, -0.25) is 0 Å². The second-order valence-corrected chi connectivity index (χ2v) is 6.03. The van der Waals surface area contributed by atoms with Gasteiger partial charge in [-0.2, -0.15) is 11.8 Å². The van der Waals surface area contributed by atoms with E-state index in [1.807, 2.05) is 11.8 Å². The van der Waals surface area contributed by atoms with E-state index in [2.05, 4.69) is 16.7 Å². The quantitative estimate of drug-likeness (QED) is 0.323. The molecular weight excluding hydrogens is 265 g/mol. The van der Waals surface area contributed by atoms with Gasteiger partial charge in [0.1, 0.15) is 5.82 Å². The van der Waals surface area contributed by atoms with E-state index in [4.69, 9.17) is 10.9 Å². The average molecular weight is 283 g/mol. The van der Waals surface area contributed by atoms with E-state index >= 15 is 0 Å². The molecule has 0 aliphatic heterocycles. The largest absolute Gasteiger partial charge is 0.409 e. The third-order valence-electron chi connectivity index (χ3n) is 3.47. The fourth-order valence-corrected chi connectivity index (χ4v) is 2.74. The van der Waals surface area contributed by atoms with Crippen molar-refractivity contribution in [3.8, 4) is 0 Å². The highest BCUT2D eigenvalue weighted by atomic mass is 32.2. The molecule has 0 aromatic heterocycles. The summed E-state index contributed by atoms with van der Waals surface area (Å²) < 4.78 is 14.5. The first-order valence-electron chi connectivity index (χ1n) is 6.13. The molecule has 1 fully saturated rings. The van der Waals surface area contributed by atoms with Crippen LogP contribution in [0.5, 0.6) is 0 Å². The highest BCUT2D eigenvalue weighted by Gasteiger charge is 2.41. The summed E-state index contributed by atoms with van der Waals surface area (Å²) in [5, 5.41) is 14.7. The lowest BCUT2D eigenvalue weighted by Gasteiger charge is -2.14. The Morgan fingerprint density at radius 1 is 1.58 bits per heavy atom. The molecule has 1 aromatic carbocycles. The number of benzene rings is 1. The van der Waals surface area contributed by atoms with Crippen LogP contribution in [0.3, 0.4) is 0 Å². The number of rotatable bonds is 6. The van der Waals surface area contributed by atoms with Gasteiger partial charge in [-0.05, 0) is 25.2 Å². The summed E-state index contributed by atoms with van der Waals surface area (Å²) in [5.74, 6) is -0.638. The van der Waals surface area contributed by atoms with Crippen LogP contribution in [-0.4, -0.2) is 28.6 Å². The number of halogens is 1. The van der Waals surface area contributed by atoms with Gasteiger partial charge >= 0.3 is 0 Å². The predicted octanol–water partition coefficient (Wildman–Crippen LogP) is 1.91. The van der Waals surface area contributed by atoms with Crippen LogP contribution >= 0.6 is 11.8 Å².